The number of ether oxygens (including phenoxy) is 1. The molecule has 150 valence electrons. The number of rotatable bonds is 6. The SMILES string of the molecule is CCN1CCN(c2nc(C)cc(Nc3ccc(Oc4ccccc4)cc3)n2)CC1. The summed E-state index contributed by atoms with van der Waals surface area (Å²) in [6.07, 6.45) is 0. The van der Waals surface area contributed by atoms with Crippen molar-refractivity contribution < 1.29 is 4.74 Å². The second-order valence-corrected chi connectivity index (χ2v) is 7.18. The number of likely N-dealkylation sites (N-methyl/N-ethyl adjacent to an activating group) is 1. The van der Waals surface area contributed by atoms with Crippen LogP contribution in [0.2, 0.25) is 0 Å². The first-order valence-corrected chi connectivity index (χ1v) is 10.1. The molecule has 0 bridgehead atoms. The summed E-state index contributed by atoms with van der Waals surface area (Å²) in [7, 11) is 0. The quantitative estimate of drug-likeness (QED) is 0.672. The van der Waals surface area contributed by atoms with Gasteiger partial charge in [0.2, 0.25) is 5.95 Å². The minimum atomic E-state index is 0.798. The second kappa shape index (κ2) is 8.92. The van der Waals surface area contributed by atoms with Gasteiger partial charge in [-0.15, -0.1) is 0 Å². The third-order valence-electron chi connectivity index (χ3n) is 5.05. The van der Waals surface area contributed by atoms with Crippen LogP contribution in [0.5, 0.6) is 11.5 Å². The van der Waals surface area contributed by atoms with Gasteiger partial charge >= 0.3 is 0 Å². The number of aromatic nitrogens is 2. The Morgan fingerprint density at radius 2 is 1.59 bits per heavy atom. The average molecular weight is 390 g/mol. The highest BCUT2D eigenvalue weighted by molar-refractivity contribution is 5.59. The number of nitrogens with zero attached hydrogens (tertiary/aromatic N) is 4. The maximum absolute atomic E-state index is 5.85. The molecule has 4 rings (SSSR count). The van der Waals surface area contributed by atoms with Crippen molar-refractivity contribution in [1.82, 2.24) is 14.9 Å². The Labute approximate surface area is 172 Å². The fourth-order valence-electron chi connectivity index (χ4n) is 3.40. The van der Waals surface area contributed by atoms with Gasteiger partial charge in [-0.3, -0.25) is 0 Å². The van der Waals surface area contributed by atoms with Crippen molar-refractivity contribution in [3.05, 3.63) is 66.4 Å². The summed E-state index contributed by atoms with van der Waals surface area (Å²) in [4.78, 5) is 14.1. The lowest BCUT2D eigenvalue weighted by Gasteiger charge is -2.34. The first-order chi connectivity index (χ1) is 14.2. The molecule has 1 N–H and O–H groups in total. The molecule has 1 aromatic heterocycles. The molecule has 0 saturated carbocycles. The normalized spacial score (nSPS) is 14.6. The molecule has 0 amide bonds. The lowest BCUT2D eigenvalue weighted by atomic mass is 10.3. The van der Waals surface area contributed by atoms with Crippen LogP contribution >= 0.6 is 0 Å². The third-order valence-corrected chi connectivity index (χ3v) is 5.05. The van der Waals surface area contributed by atoms with E-state index < -0.39 is 0 Å². The van der Waals surface area contributed by atoms with Crippen molar-refractivity contribution in [3.8, 4) is 11.5 Å². The van der Waals surface area contributed by atoms with E-state index in [9.17, 15) is 0 Å². The van der Waals surface area contributed by atoms with Gasteiger partial charge in [-0.25, -0.2) is 4.98 Å². The fourth-order valence-corrected chi connectivity index (χ4v) is 3.40. The standard InChI is InChI=1S/C23H27N5O/c1-3-27-13-15-28(16-14-27)23-24-18(2)17-22(26-23)25-19-9-11-21(12-10-19)29-20-7-5-4-6-8-20/h4-12,17H,3,13-16H2,1-2H3,(H,24,25,26). The van der Waals surface area contributed by atoms with Gasteiger partial charge in [0.1, 0.15) is 17.3 Å². The topological polar surface area (TPSA) is 53.5 Å². The number of hydrogen-bond acceptors (Lipinski definition) is 6. The Balaban J connectivity index is 1.43. The minimum absolute atomic E-state index is 0.798. The van der Waals surface area contributed by atoms with E-state index in [1.54, 1.807) is 0 Å². The molecular weight excluding hydrogens is 362 g/mol. The highest BCUT2D eigenvalue weighted by Crippen LogP contribution is 2.25. The summed E-state index contributed by atoms with van der Waals surface area (Å²) in [6, 6.07) is 19.6. The Morgan fingerprint density at radius 1 is 0.897 bits per heavy atom. The number of piperazine rings is 1. The molecule has 0 spiro atoms. The van der Waals surface area contributed by atoms with Gasteiger partial charge in [0.15, 0.2) is 0 Å². The Morgan fingerprint density at radius 3 is 2.28 bits per heavy atom. The molecule has 1 saturated heterocycles. The molecule has 1 aliphatic rings. The molecule has 0 aliphatic carbocycles. The van der Waals surface area contributed by atoms with Gasteiger partial charge in [-0.05, 0) is 49.9 Å². The van der Waals surface area contributed by atoms with Crippen molar-refractivity contribution in [2.45, 2.75) is 13.8 Å². The van der Waals surface area contributed by atoms with Crippen LogP contribution in [0.3, 0.4) is 0 Å². The molecule has 29 heavy (non-hydrogen) atoms. The number of para-hydroxylation sites is 1. The van der Waals surface area contributed by atoms with Gasteiger partial charge < -0.3 is 19.9 Å². The molecule has 2 aromatic carbocycles. The van der Waals surface area contributed by atoms with E-state index in [1.165, 1.54) is 0 Å². The van der Waals surface area contributed by atoms with Gasteiger partial charge in [-0.1, -0.05) is 25.1 Å². The molecular formula is C23H27N5O. The van der Waals surface area contributed by atoms with E-state index in [-0.39, 0.29) is 0 Å². The van der Waals surface area contributed by atoms with Crippen LogP contribution in [0.15, 0.2) is 60.7 Å². The van der Waals surface area contributed by atoms with Crippen LogP contribution < -0.4 is 15.0 Å². The molecule has 0 atom stereocenters. The third kappa shape index (κ3) is 5.03. The second-order valence-electron chi connectivity index (χ2n) is 7.18. The summed E-state index contributed by atoms with van der Waals surface area (Å²) in [5.74, 6) is 3.23. The van der Waals surface area contributed by atoms with Crippen LogP contribution in [0.4, 0.5) is 17.5 Å². The fraction of sp³-hybridized carbons (Fsp3) is 0.304. The summed E-state index contributed by atoms with van der Waals surface area (Å²) >= 11 is 0. The van der Waals surface area contributed by atoms with Gasteiger partial charge in [0.25, 0.3) is 0 Å². The Bertz CT molecular complexity index is 922. The summed E-state index contributed by atoms with van der Waals surface area (Å²) in [6.45, 7) is 9.34. The summed E-state index contributed by atoms with van der Waals surface area (Å²) in [5, 5.41) is 3.39. The predicted molar refractivity (Wildman–Crippen MR) is 117 cm³/mol. The van der Waals surface area contributed by atoms with Crippen molar-refractivity contribution in [1.29, 1.82) is 0 Å². The number of hydrogen-bond donors (Lipinski definition) is 1. The molecule has 2 heterocycles. The summed E-state index contributed by atoms with van der Waals surface area (Å²) < 4.78 is 5.85. The monoisotopic (exact) mass is 389 g/mol. The highest BCUT2D eigenvalue weighted by atomic mass is 16.5. The van der Waals surface area contributed by atoms with Crippen LogP contribution in [0, 0.1) is 6.92 Å². The van der Waals surface area contributed by atoms with Crippen molar-refractivity contribution in [2.75, 3.05) is 42.9 Å². The Kier molecular flexibility index (Phi) is 5.91. The van der Waals surface area contributed by atoms with E-state index in [0.717, 1.165) is 67.4 Å². The number of anilines is 3. The van der Waals surface area contributed by atoms with Gasteiger partial charge in [-0.2, -0.15) is 4.98 Å². The van der Waals surface area contributed by atoms with Crippen molar-refractivity contribution in [2.24, 2.45) is 0 Å². The lowest BCUT2D eigenvalue weighted by Crippen LogP contribution is -2.46. The maximum atomic E-state index is 5.85. The van der Waals surface area contributed by atoms with Crippen molar-refractivity contribution >= 4 is 17.5 Å². The van der Waals surface area contributed by atoms with E-state index >= 15 is 0 Å². The molecule has 0 unspecified atom stereocenters. The maximum Gasteiger partial charge on any atom is 0.227 e. The highest BCUT2D eigenvalue weighted by Gasteiger charge is 2.18. The molecule has 6 nitrogen and oxygen atoms in total. The molecule has 1 aliphatic heterocycles. The van der Waals surface area contributed by atoms with E-state index in [2.05, 4.69) is 27.0 Å². The van der Waals surface area contributed by atoms with E-state index in [0.29, 0.717) is 0 Å². The first kappa shape index (κ1) is 19.2. The van der Waals surface area contributed by atoms with Crippen molar-refractivity contribution in [3.63, 3.8) is 0 Å². The van der Waals surface area contributed by atoms with Crippen LogP contribution in [-0.2, 0) is 0 Å². The van der Waals surface area contributed by atoms with Crippen LogP contribution in [0.25, 0.3) is 0 Å². The average Bonchev–Trinajstić information content (AvgIpc) is 2.75. The first-order valence-electron chi connectivity index (χ1n) is 10.1. The zero-order valence-electron chi connectivity index (χ0n) is 17.0. The lowest BCUT2D eigenvalue weighted by molar-refractivity contribution is 0.270. The number of nitrogens with one attached hydrogen (secondary N) is 1. The van der Waals surface area contributed by atoms with Crippen LogP contribution in [0.1, 0.15) is 12.6 Å². The number of benzene rings is 2. The zero-order valence-corrected chi connectivity index (χ0v) is 17.0. The van der Waals surface area contributed by atoms with Crippen LogP contribution in [-0.4, -0.2) is 47.6 Å². The molecule has 0 radical (unpaired) electrons. The Hall–Kier alpha value is -3.12. The molecule has 1 fully saturated rings. The smallest absolute Gasteiger partial charge is 0.227 e. The number of aryl methyl sites for hydroxylation is 1. The minimum Gasteiger partial charge on any atom is -0.457 e. The van der Waals surface area contributed by atoms with E-state index in [4.69, 9.17) is 9.72 Å². The zero-order chi connectivity index (χ0) is 20.1. The van der Waals surface area contributed by atoms with Gasteiger partial charge in [0.05, 0.1) is 0 Å². The van der Waals surface area contributed by atoms with Gasteiger partial charge in [0, 0.05) is 43.6 Å². The predicted octanol–water partition coefficient (Wildman–Crippen LogP) is 4.46. The summed E-state index contributed by atoms with van der Waals surface area (Å²) in [5.41, 5.74) is 1.92. The van der Waals surface area contributed by atoms with E-state index in [1.807, 2.05) is 67.6 Å². The largest absolute Gasteiger partial charge is 0.457 e. The molecule has 6 heteroatoms. The molecule has 3 aromatic rings.